The van der Waals surface area contributed by atoms with Crippen LogP contribution in [0.2, 0.25) is 0 Å². The molecule has 1 unspecified atom stereocenters. The average molecular weight is 520 g/mol. The molecule has 36 heavy (non-hydrogen) atoms. The number of rotatable bonds is 5. The van der Waals surface area contributed by atoms with E-state index in [4.69, 9.17) is 10.5 Å². The molecule has 0 bridgehead atoms. The third-order valence-corrected chi connectivity index (χ3v) is 7.36. The van der Waals surface area contributed by atoms with Gasteiger partial charge in [0.05, 0.1) is 29.9 Å². The van der Waals surface area contributed by atoms with E-state index in [0.29, 0.717) is 31.4 Å². The maximum absolute atomic E-state index is 13.9. The molecule has 0 spiro atoms. The van der Waals surface area contributed by atoms with Gasteiger partial charge >= 0.3 is 12.4 Å². The van der Waals surface area contributed by atoms with Crippen molar-refractivity contribution in [2.24, 2.45) is 23.5 Å². The first kappa shape index (κ1) is 26.7. The minimum absolute atomic E-state index is 0.0827. The predicted molar refractivity (Wildman–Crippen MR) is 117 cm³/mol. The Kier molecular flexibility index (Phi) is 7.27. The van der Waals surface area contributed by atoms with Crippen molar-refractivity contribution in [2.75, 3.05) is 0 Å². The van der Waals surface area contributed by atoms with E-state index in [1.165, 1.54) is 6.08 Å². The molecule has 0 radical (unpaired) electrons. The van der Waals surface area contributed by atoms with Crippen LogP contribution < -0.4 is 11.1 Å². The van der Waals surface area contributed by atoms with Crippen LogP contribution in [0.4, 0.5) is 30.7 Å². The summed E-state index contributed by atoms with van der Waals surface area (Å²) in [7, 11) is 0. The fraction of sp³-hybridized carbons (Fsp3) is 0.560. The SMILES string of the molecule is CC1CC(F)=CC=C1[C@H]1[C@H]([C@H]2C[C@@H](N)C(=O)N2)CC[C@@H]1OCc1cc(C(F)(F)F)cc(C(F)(F)F)c1. The standard InChI is InChI=1S/C25H27F7N2O2/c1-12-6-16(26)2-3-17(12)22-18(20-10-19(33)23(35)34-20)4-5-21(22)36-11-13-7-14(24(27,28)29)9-15(8-13)25(30,31)32/h2-3,7-9,12,18-22H,4-6,10-11,33H2,1H3,(H,34,35)/t12?,18-,19+,20+,21-,22-/m0/s1. The Hall–Kier alpha value is -2.40. The van der Waals surface area contributed by atoms with Gasteiger partial charge in [0.2, 0.25) is 5.91 Å². The van der Waals surface area contributed by atoms with E-state index in [2.05, 4.69) is 5.32 Å². The van der Waals surface area contributed by atoms with Crippen molar-refractivity contribution in [3.8, 4) is 0 Å². The average Bonchev–Trinajstić information content (AvgIpc) is 3.33. The maximum Gasteiger partial charge on any atom is 0.416 e. The molecule has 1 aliphatic heterocycles. The van der Waals surface area contributed by atoms with Gasteiger partial charge in [-0.3, -0.25) is 4.79 Å². The number of amides is 1. The van der Waals surface area contributed by atoms with Crippen molar-refractivity contribution in [1.82, 2.24) is 5.32 Å². The summed E-state index contributed by atoms with van der Waals surface area (Å²) in [5.41, 5.74) is 3.72. The first-order chi connectivity index (χ1) is 16.7. The summed E-state index contributed by atoms with van der Waals surface area (Å²) < 4.78 is 99.3. The van der Waals surface area contributed by atoms with Crippen LogP contribution in [-0.4, -0.2) is 24.1 Å². The van der Waals surface area contributed by atoms with Gasteiger partial charge in [-0.2, -0.15) is 26.3 Å². The Morgan fingerprint density at radius 3 is 2.19 bits per heavy atom. The van der Waals surface area contributed by atoms with E-state index in [1.807, 2.05) is 6.92 Å². The highest BCUT2D eigenvalue weighted by Gasteiger charge is 2.47. The predicted octanol–water partition coefficient (Wildman–Crippen LogP) is 5.67. The number of alkyl halides is 6. The Labute approximate surface area is 203 Å². The molecule has 1 heterocycles. The van der Waals surface area contributed by atoms with Gasteiger partial charge in [0, 0.05) is 18.4 Å². The second kappa shape index (κ2) is 9.81. The highest BCUT2D eigenvalue weighted by molar-refractivity contribution is 5.84. The number of hydrogen-bond donors (Lipinski definition) is 2. The summed E-state index contributed by atoms with van der Waals surface area (Å²) in [6, 6.07) is 0.498. The zero-order valence-electron chi connectivity index (χ0n) is 19.4. The Bertz CT molecular complexity index is 1030. The van der Waals surface area contributed by atoms with E-state index in [-0.39, 0.29) is 53.6 Å². The molecule has 6 atom stereocenters. The molecule has 0 aromatic heterocycles. The summed E-state index contributed by atoms with van der Waals surface area (Å²) >= 11 is 0. The highest BCUT2D eigenvalue weighted by atomic mass is 19.4. The molecular formula is C25H27F7N2O2. The normalized spacial score (nSPS) is 31.3. The zero-order chi connectivity index (χ0) is 26.4. The van der Waals surface area contributed by atoms with Gasteiger partial charge in [0.15, 0.2) is 0 Å². The number of allylic oxidation sites excluding steroid dienone is 3. The topological polar surface area (TPSA) is 64.4 Å². The largest absolute Gasteiger partial charge is 0.416 e. The lowest BCUT2D eigenvalue weighted by atomic mass is 9.75. The van der Waals surface area contributed by atoms with Crippen molar-refractivity contribution in [3.63, 3.8) is 0 Å². The number of ether oxygens (including phenoxy) is 1. The van der Waals surface area contributed by atoms with Crippen LogP contribution in [0.25, 0.3) is 0 Å². The van der Waals surface area contributed by atoms with Gasteiger partial charge in [-0.05, 0) is 60.9 Å². The zero-order valence-corrected chi connectivity index (χ0v) is 19.4. The highest BCUT2D eigenvalue weighted by Crippen LogP contribution is 2.47. The van der Waals surface area contributed by atoms with E-state index in [9.17, 15) is 35.5 Å². The smallest absolute Gasteiger partial charge is 0.373 e. The van der Waals surface area contributed by atoms with Crippen molar-refractivity contribution < 1.29 is 40.3 Å². The number of nitrogens with one attached hydrogen (secondary N) is 1. The van der Waals surface area contributed by atoms with Gasteiger partial charge in [0.1, 0.15) is 5.83 Å². The second-order valence-corrected chi connectivity index (χ2v) is 9.87. The molecule has 1 saturated carbocycles. The number of halogens is 7. The summed E-state index contributed by atoms with van der Waals surface area (Å²) in [4.78, 5) is 12.0. The van der Waals surface area contributed by atoms with Crippen molar-refractivity contribution in [1.29, 1.82) is 0 Å². The van der Waals surface area contributed by atoms with Crippen LogP contribution in [0.3, 0.4) is 0 Å². The molecule has 2 aliphatic carbocycles. The second-order valence-electron chi connectivity index (χ2n) is 9.87. The lowest BCUT2D eigenvalue weighted by molar-refractivity contribution is -0.143. The molecule has 3 N–H and O–H groups in total. The molecule has 4 rings (SSSR count). The summed E-state index contributed by atoms with van der Waals surface area (Å²) in [5.74, 6) is -1.14. The molecule has 11 heteroatoms. The Morgan fingerprint density at radius 2 is 1.67 bits per heavy atom. The van der Waals surface area contributed by atoms with E-state index in [0.717, 1.165) is 5.57 Å². The third-order valence-electron chi connectivity index (χ3n) is 7.36. The molecule has 2 fully saturated rings. The summed E-state index contributed by atoms with van der Waals surface area (Å²) in [6.45, 7) is 1.40. The Balaban J connectivity index is 1.61. The minimum Gasteiger partial charge on any atom is -0.373 e. The number of carbonyl (C=O) groups excluding carboxylic acids is 1. The van der Waals surface area contributed by atoms with Crippen LogP contribution in [0.15, 0.2) is 41.8 Å². The fourth-order valence-corrected chi connectivity index (χ4v) is 5.68. The van der Waals surface area contributed by atoms with Crippen LogP contribution in [-0.2, 0) is 28.5 Å². The molecule has 1 aromatic carbocycles. The maximum atomic E-state index is 13.9. The molecule has 3 aliphatic rings. The number of carbonyl (C=O) groups is 1. The molecule has 1 aromatic rings. The van der Waals surface area contributed by atoms with Crippen LogP contribution in [0.5, 0.6) is 0 Å². The lowest BCUT2D eigenvalue weighted by Gasteiger charge is -2.34. The summed E-state index contributed by atoms with van der Waals surface area (Å²) in [5, 5.41) is 2.89. The molecular weight excluding hydrogens is 493 g/mol. The van der Waals surface area contributed by atoms with Gasteiger partial charge in [-0.1, -0.05) is 18.6 Å². The fourth-order valence-electron chi connectivity index (χ4n) is 5.68. The first-order valence-electron chi connectivity index (χ1n) is 11.8. The van der Waals surface area contributed by atoms with E-state index < -0.39 is 42.2 Å². The van der Waals surface area contributed by atoms with Crippen molar-refractivity contribution >= 4 is 5.91 Å². The van der Waals surface area contributed by atoms with E-state index >= 15 is 0 Å². The summed E-state index contributed by atoms with van der Waals surface area (Å²) in [6.07, 6.45) is -5.71. The number of hydrogen-bond acceptors (Lipinski definition) is 3. The quantitative estimate of drug-likeness (QED) is 0.492. The molecule has 1 saturated heterocycles. The van der Waals surface area contributed by atoms with Gasteiger partial charge in [0.25, 0.3) is 0 Å². The monoisotopic (exact) mass is 520 g/mol. The van der Waals surface area contributed by atoms with Crippen molar-refractivity contribution in [2.45, 2.75) is 69.8 Å². The third kappa shape index (κ3) is 5.61. The Morgan fingerprint density at radius 1 is 1.03 bits per heavy atom. The van der Waals surface area contributed by atoms with Crippen LogP contribution in [0.1, 0.15) is 49.3 Å². The van der Waals surface area contributed by atoms with Gasteiger partial charge in [-0.25, -0.2) is 4.39 Å². The van der Waals surface area contributed by atoms with E-state index in [1.54, 1.807) is 6.08 Å². The van der Waals surface area contributed by atoms with Gasteiger partial charge in [-0.15, -0.1) is 0 Å². The number of benzene rings is 1. The lowest BCUT2D eigenvalue weighted by Crippen LogP contribution is -2.39. The van der Waals surface area contributed by atoms with Crippen LogP contribution >= 0.6 is 0 Å². The van der Waals surface area contributed by atoms with Crippen LogP contribution in [0, 0.1) is 17.8 Å². The number of nitrogens with two attached hydrogens (primary N) is 1. The van der Waals surface area contributed by atoms with Gasteiger partial charge < -0.3 is 15.8 Å². The van der Waals surface area contributed by atoms with Crippen molar-refractivity contribution in [3.05, 3.63) is 58.4 Å². The minimum atomic E-state index is -4.95. The molecule has 4 nitrogen and oxygen atoms in total. The first-order valence-corrected chi connectivity index (χ1v) is 11.8. The molecule has 198 valence electrons. The molecule has 1 amide bonds.